The van der Waals surface area contributed by atoms with Crippen molar-refractivity contribution in [2.24, 2.45) is 16.8 Å². The molecule has 3 aliphatic rings. The molecule has 3 fully saturated rings. The van der Waals surface area contributed by atoms with Crippen molar-refractivity contribution in [1.29, 1.82) is 0 Å². The van der Waals surface area contributed by atoms with Crippen LogP contribution >= 0.6 is 11.3 Å². The minimum Gasteiger partial charge on any atom is -0.357 e. The summed E-state index contributed by atoms with van der Waals surface area (Å²) in [4.78, 5) is 14.7. The number of aliphatic imine (C=N–C) groups is 1. The summed E-state index contributed by atoms with van der Waals surface area (Å²) in [5.74, 6) is 2.92. The molecule has 26 heavy (non-hydrogen) atoms. The molecule has 5 nitrogen and oxygen atoms in total. The van der Waals surface area contributed by atoms with Crippen molar-refractivity contribution in [3.05, 3.63) is 11.1 Å². The second-order valence-electron chi connectivity index (χ2n) is 8.01. The van der Waals surface area contributed by atoms with Gasteiger partial charge in [0.15, 0.2) is 11.1 Å². The number of nitrogens with one attached hydrogen (secondary N) is 1. The Labute approximate surface area is 161 Å². The van der Waals surface area contributed by atoms with Crippen molar-refractivity contribution in [3.63, 3.8) is 0 Å². The molecule has 2 unspecified atom stereocenters. The lowest BCUT2D eigenvalue weighted by molar-refractivity contribution is 0.299. The summed E-state index contributed by atoms with van der Waals surface area (Å²) in [6, 6.07) is 0. The summed E-state index contributed by atoms with van der Waals surface area (Å²) in [7, 11) is 0. The van der Waals surface area contributed by atoms with Crippen molar-refractivity contribution in [2.75, 3.05) is 44.2 Å². The van der Waals surface area contributed by atoms with E-state index in [-0.39, 0.29) is 0 Å². The van der Waals surface area contributed by atoms with Crippen LogP contribution in [-0.4, -0.2) is 55.1 Å². The predicted octanol–water partition coefficient (Wildman–Crippen LogP) is 3.37. The molecule has 1 aromatic rings. The molecule has 2 saturated heterocycles. The van der Waals surface area contributed by atoms with Crippen LogP contribution < -0.4 is 10.2 Å². The maximum absolute atomic E-state index is 4.94. The largest absolute Gasteiger partial charge is 0.357 e. The number of aromatic nitrogens is 1. The maximum Gasteiger partial charge on any atom is 0.193 e. The lowest BCUT2D eigenvalue weighted by atomic mass is 9.82. The standard InChI is InChI=1S/C20H33N5S/c1-2-21-19(25-13-16-7-3-4-8-17(16)14-25)22-10-9-18-15-26-20(23-18)24-11-5-6-12-24/h15-17H,2-14H2,1H3,(H,21,22). The highest BCUT2D eigenvalue weighted by Gasteiger charge is 2.35. The Bertz CT molecular complexity index is 593. The minimum atomic E-state index is 0.831. The van der Waals surface area contributed by atoms with Crippen LogP contribution in [0.2, 0.25) is 0 Å². The average molecular weight is 376 g/mol. The SMILES string of the molecule is CCNC(=NCCc1csc(N2CCCC2)n1)N1CC2CCCCC2C1. The zero-order valence-electron chi connectivity index (χ0n) is 16.1. The Morgan fingerprint density at radius 2 is 1.92 bits per heavy atom. The van der Waals surface area contributed by atoms with Crippen LogP contribution in [0.3, 0.4) is 0 Å². The lowest BCUT2D eigenvalue weighted by Crippen LogP contribution is -2.40. The third kappa shape index (κ3) is 4.16. The molecule has 2 atom stereocenters. The van der Waals surface area contributed by atoms with E-state index in [2.05, 4.69) is 27.4 Å². The highest BCUT2D eigenvalue weighted by molar-refractivity contribution is 7.13. The fourth-order valence-corrected chi connectivity index (χ4v) is 5.66. The van der Waals surface area contributed by atoms with Crippen LogP contribution in [0.1, 0.15) is 51.1 Å². The van der Waals surface area contributed by atoms with E-state index in [1.807, 2.05) is 0 Å². The number of likely N-dealkylation sites (tertiary alicyclic amines) is 1. The van der Waals surface area contributed by atoms with Crippen molar-refractivity contribution < 1.29 is 0 Å². The molecule has 0 bridgehead atoms. The number of nitrogens with zero attached hydrogens (tertiary/aromatic N) is 4. The summed E-state index contributed by atoms with van der Waals surface area (Å²) >= 11 is 1.79. The summed E-state index contributed by atoms with van der Waals surface area (Å²) < 4.78 is 0. The predicted molar refractivity (Wildman–Crippen MR) is 110 cm³/mol. The Hall–Kier alpha value is -1.30. The van der Waals surface area contributed by atoms with Gasteiger partial charge >= 0.3 is 0 Å². The summed E-state index contributed by atoms with van der Waals surface area (Å²) in [6.07, 6.45) is 9.24. The van der Waals surface area contributed by atoms with E-state index in [1.165, 1.54) is 75.5 Å². The molecule has 0 radical (unpaired) electrons. The molecular weight excluding hydrogens is 342 g/mol. The fourth-order valence-electron chi connectivity index (χ4n) is 4.75. The van der Waals surface area contributed by atoms with Gasteiger partial charge in [0.25, 0.3) is 0 Å². The van der Waals surface area contributed by atoms with Gasteiger partial charge in [-0.05, 0) is 44.4 Å². The normalized spacial score (nSPS) is 26.4. The monoisotopic (exact) mass is 375 g/mol. The van der Waals surface area contributed by atoms with Gasteiger partial charge in [0.1, 0.15) is 0 Å². The minimum absolute atomic E-state index is 0.831. The molecule has 2 aliphatic heterocycles. The van der Waals surface area contributed by atoms with E-state index < -0.39 is 0 Å². The first-order valence-electron chi connectivity index (χ1n) is 10.6. The van der Waals surface area contributed by atoms with Crippen LogP contribution in [0, 0.1) is 11.8 Å². The number of hydrogen-bond acceptors (Lipinski definition) is 4. The lowest BCUT2D eigenvalue weighted by Gasteiger charge is -2.22. The Kier molecular flexibility index (Phi) is 5.98. The van der Waals surface area contributed by atoms with Gasteiger partial charge in [-0.15, -0.1) is 11.3 Å². The number of guanidine groups is 1. The van der Waals surface area contributed by atoms with Crippen LogP contribution in [0.4, 0.5) is 5.13 Å². The molecule has 0 aromatic carbocycles. The first kappa shape index (κ1) is 18.1. The quantitative estimate of drug-likeness (QED) is 0.633. The van der Waals surface area contributed by atoms with E-state index in [4.69, 9.17) is 9.98 Å². The highest BCUT2D eigenvalue weighted by atomic mass is 32.1. The fraction of sp³-hybridized carbons (Fsp3) is 0.800. The maximum atomic E-state index is 4.94. The number of rotatable bonds is 5. The molecule has 0 spiro atoms. The van der Waals surface area contributed by atoms with Gasteiger partial charge in [0, 0.05) is 51.1 Å². The van der Waals surface area contributed by atoms with Crippen molar-refractivity contribution >= 4 is 22.4 Å². The smallest absolute Gasteiger partial charge is 0.193 e. The molecular formula is C20H33N5S. The number of fused-ring (bicyclic) bond motifs is 1. The number of thiazole rings is 1. The molecule has 1 aliphatic carbocycles. The van der Waals surface area contributed by atoms with E-state index >= 15 is 0 Å². The molecule has 4 rings (SSSR count). The third-order valence-electron chi connectivity index (χ3n) is 6.16. The molecule has 3 heterocycles. The van der Waals surface area contributed by atoms with E-state index in [0.717, 1.165) is 37.3 Å². The average Bonchev–Trinajstić information content (AvgIpc) is 3.39. The molecule has 144 valence electrons. The Morgan fingerprint density at radius 1 is 1.19 bits per heavy atom. The third-order valence-corrected chi connectivity index (χ3v) is 7.11. The highest BCUT2D eigenvalue weighted by Crippen LogP contribution is 2.36. The summed E-state index contributed by atoms with van der Waals surface area (Å²) in [5, 5.41) is 6.95. The van der Waals surface area contributed by atoms with Crippen LogP contribution in [0.5, 0.6) is 0 Å². The van der Waals surface area contributed by atoms with E-state index in [1.54, 1.807) is 11.3 Å². The second kappa shape index (κ2) is 8.59. The topological polar surface area (TPSA) is 43.8 Å². The van der Waals surface area contributed by atoms with Crippen molar-refractivity contribution in [3.8, 4) is 0 Å². The van der Waals surface area contributed by atoms with Gasteiger partial charge < -0.3 is 15.1 Å². The van der Waals surface area contributed by atoms with Gasteiger partial charge in [-0.2, -0.15) is 0 Å². The van der Waals surface area contributed by atoms with E-state index in [0.29, 0.717) is 0 Å². The summed E-state index contributed by atoms with van der Waals surface area (Å²) in [6.45, 7) is 8.69. The summed E-state index contributed by atoms with van der Waals surface area (Å²) in [5.41, 5.74) is 1.20. The molecule has 1 N–H and O–H groups in total. The first-order chi connectivity index (χ1) is 12.8. The first-order valence-corrected chi connectivity index (χ1v) is 11.4. The van der Waals surface area contributed by atoms with Gasteiger partial charge in [-0.3, -0.25) is 4.99 Å². The number of anilines is 1. The van der Waals surface area contributed by atoms with Gasteiger partial charge in [-0.25, -0.2) is 4.98 Å². The van der Waals surface area contributed by atoms with Gasteiger partial charge in [0.05, 0.1) is 5.69 Å². The zero-order valence-corrected chi connectivity index (χ0v) is 16.9. The van der Waals surface area contributed by atoms with Crippen molar-refractivity contribution in [1.82, 2.24) is 15.2 Å². The van der Waals surface area contributed by atoms with Crippen LogP contribution in [0.25, 0.3) is 0 Å². The van der Waals surface area contributed by atoms with Crippen LogP contribution in [0.15, 0.2) is 10.4 Å². The van der Waals surface area contributed by atoms with Crippen molar-refractivity contribution in [2.45, 2.75) is 51.9 Å². The molecule has 1 aromatic heterocycles. The molecule has 0 amide bonds. The van der Waals surface area contributed by atoms with Gasteiger partial charge in [0.2, 0.25) is 0 Å². The zero-order chi connectivity index (χ0) is 17.8. The number of hydrogen-bond donors (Lipinski definition) is 1. The molecule has 1 saturated carbocycles. The van der Waals surface area contributed by atoms with Gasteiger partial charge in [-0.1, -0.05) is 12.8 Å². The van der Waals surface area contributed by atoms with E-state index in [9.17, 15) is 0 Å². The van der Waals surface area contributed by atoms with Crippen LogP contribution in [-0.2, 0) is 6.42 Å². The Balaban J connectivity index is 1.33. The molecule has 6 heteroatoms. The second-order valence-corrected chi connectivity index (χ2v) is 8.85. The Morgan fingerprint density at radius 3 is 2.62 bits per heavy atom.